The summed E-state index contributed by atoms with van der Waals surface area (Å²) < 4.78 is 26.4. The van der Waals surface area contributed by atoms with E-state index in [1.165, 1.54) is 15.6 Å². The van der Waals surface area contributed by atoms with E-state index in [4.69, 9.17) is 0 Å². The van der Waals surface area contributed by atoms with E-state index >= 15 is 0 Å². The van der Waals surface area contributed by atoms with Crippen LogP contribution in [0, 0.1) is 0 Å². The van der Waals surface area contributed by atoms with Crippen molar-refractivity contribution in [3.05, 3.63) is 53.5 Å². The molecule has 1 aromatic heterocycles. The van der Waals surface area contributed by atoms with Crippen LogP contribution in [0.25, 0.3) is 10.2 Å². The third-order valence-corrected chi connectivity index (χ3v) is 6.88. The van der Waals surface area contributed by atoms with Crippen molar-refractivity contribution in [3.63, 3.8) is 0 Å². The van der Waals surface area contributed by atoms with Crippen LogP contribution in [0.4, 0.5) is 11.4 Å². The molecular weight excluding hydrogens is 358 g/mol. The first-order valence-electron chi connectivity index (χ1n) is 7.80. The molecule has 4 rings (SSSR count). The first kappa shape index (κ1) is 16.0. The molecule has 0 aliphatic carbocycles. The topological polar surface area (TPSA) is 79.4 Å². The summed E-state index contributed by atoms with van der Waals surface area (Å²) in [5, 5.41) is 3.17. The molecule has 0 radical (unpaired) electrons. The van der Waals surface area contributed by atoms with E-state index in [0.717, 1.165) is 10.2 Å². The Balaban J connectivity index is 1.58. The summed E-state index contributed by atoms with van der Waals surface area (Å²) in [4.78, 5) is 16.8. The van der Waals surface area contributed by atoms with Gasteiger partial charge in [-0.25, -0.2) is 13.4 Å². The highest BCUT2D eigenvalue weighted by molar-refractivity contribution is 7.93. The number of sulfonamides is 1. The van der Waals surface area contributed by atoms with Gasteiger partial charge >= 0.3 is 0 Å². The van der Waals surface area contributed by atoms with E-state index < -0.39 is 10.0 Å². The summed E-state index contributed by atoms with van der Waals surface area (Å²) in [6.45, 7) is 0.470. The minimum absolute atomic E-state index is 0.162. The largest absolute Gasteiger partial charge is 0.320 e. The molecule has 0 unspecified atom stereocenters. The third-order valence-electron chi connectivity index (χ3n) is 3.98. The fourth-order valence-corrected chi connectivity index (χ4v) is 5.24. The highest BCUT2D eigenvalue weighted by Crippen LogP contribution is 2.27. The number of nitrogens with zero attached hydrogens (tertiary/aromatic N) is 2. The molecule has 2 aromatic carbocycles. The number of hydrogen-bond donors (Lipinski definition) is 1. The van der Waals surface area contributed by atoms with Crippen molar-refractivity contribution in [2.45, 2.75) is 6.42 Å². The number of amides is 1. The lowest BCUT2D eigenvalue weighted by atomic mass is 10.2. The average Bonchev–Trinajstić information content (AvgIpc) is 3.17. The standard InChI is InChI=1S/C17H15N3O3S2/c21-16(17-19-14-7-1-2-8-15(14)24-17)18-12-5-3-6-13(11-12)20-9-4-10-25(20,22)23/h1-3,5-8,11H,4,9-10H2,(H,18,21). The number of carbonyl (C=O) groups excluding carboxylic acids is 1. The number of fused-ring (bicyclic) bond motifs is 1. The lowest BCUT2D eigenvalue weighted by Crippen LogP contribution is -2.25. The van der Waals surface area contributed by atoms with E-state index in [1.54, 1.807) is 24.3 Å². The van der Waals surface area contributed by atoms with Gasteiger partial charge in [-0.15, -0.1) is 11.3 Å². The Bertz CT molecular complexity index is 1030. The van der Waals surface area contributed by atoms with Crippen LogP contribution < -0.4 is 9.62 Å². The highest BCUT2D eigenvalue weighted by Gasteiger charge is 2.28. The van der Waals surface area contributed by atoms with Crippen molar-refractivity contribution >= 4 is 48.9 Å². The molecule has 0 spiro atoms. The fraction of sp³-hybridized carbons (Fsp3) is 0.176. The predicted molar refractivity (Wildman–Crippen MR) is 99.8 cm³/mol. The summed E-state index contributed by atoms with van der Waals surface area (Å²) in [5.41, 5.74) is 1.90. The van der Waals surface area contributed by atoms with Crippen molar-refractivity contribution in [2.24, 2.45) is 0 Å². The van der Waals surface area contributed by atoms with Gasteiger partial charge in [0.05, 0.1) is 21.7 Å². The van der Waals surface area contributed by atoms with Crippen LogP contribution >= 0.6 is 11.3 Å². The predicted octanol–water partition coefficient (Wildman–Crippen LogP) is 3.09. The van der Waals surface area contributed by atoms with Crippen LogP contribution in [0.15, 0.2) is 48.5 Å². The molecule has 0 atom stereocenters. The minimum atomic E-state index is -3.24. The van der Waals surface area contributed by atoms with Crippen molar-refractivity contribution < 1.29 is 13.2 Å². The first-order valence-corrected chi connectivity index (χ1v) is 10.2. The molecule has 2 heterocycles. The zero-order valence-electron chi connectivity index (χ0n) is 13.2. The second kappa shape index (κ2) is 6.12. The molecule has 1 N–H and O–H groups in total. The summed E-state index contributed by atoms with van der Waals surface area (Å²) in [6, 6.07) is 14.4. The zero-order chi connectivity index (χ0) is 17.4. The van der Waals surface area contributed by atoms with Crippen molar-refractivity contribution in [1.82, 2.24) is 4.98 Å². The van der Waals surface area contributed by atoms with Gasteiger partial charge in [0.1, 0.15) is 0 Å². The number of hydrogen-bond acceptors (Lipinski definition) is 5. The quantitative estimate of drug-likeness (QED) is 0.765. The van der Waals surface area contributed by atoms with Crippen LogP contribution in [0.2, 0.25) is 0 Å². The number of nitrogens with one attached hydrogen (secondary N) is 1. The lowest BCUT2D eigenvalue weighted by molar-refractivity contribution is 0.102. The Kier molecular flexibility index (Phi) is 3.93. The summed E-state index contributed by atoms with van der Waals surface area (Å²) >= 11 is 1.32. The normalized spacial score (nSPS) is 16.2. The van der Waals surface area contributed by atoms with E-state index in [-0.39, 0.29) is 11.7 Å². The number of rotatable bonds is 3. The van der Waals surface area contributed by atoms with E-state index in [9.17, 15) is 13.2 Å². The Morgan fingerprint density at radius 2 is 2.00 bits per heavy atom. The molecule has 128 valence electrons. The number of para-hydroxylation sites is 1. The van der Waals surface area contributed by atoms with E-state index in [0.29, 0.717) is 29.3 Å². The van der Waals surface area contributed by atoms with Gasteiger partial charge in [-0.3, -0.25) is 9.10 Å². The fourth-order valence-electron chi connectivity index (χ4n) is 2.82. The Hall–Kier alpha value is -2.45. The van der Waals surface area contributed by atoms with Gasteiger partial charge in [0, 0.05) is 12.2 Å². The van der Waals surface area contributed by atoms with Gasteiger partial charge in [-0.1, -0.05) is 18.2 Å². The number of carbonyl (C=O) groups is 1. The van der Waals surface area contributed by atoms with Crippen LogP contribution in [0.3, 0.4) is 0 Å². The lowest BCUT2D eigenvalue weighted by Gasteiger charge is -2.17. The average molecular weight is 373 g/mol. The second-order valence-electron chi connectivity index (χ2n) is 5.73. The molecule has 6 nitrogen and oxygen atoms in total. The summed E-state index contributed by atoms with van der Waals surface area (Å²) in [7, 11) is -3.24. The molecule has 1 saturated heterocycles. The number of anilines is 2. The van der Waals surface area contributed by atoms with Crippen LogP contribution in [0.5, 0.6) is 0 Å². The SMILES string of the molecule is O=C(Nc1cccc(N2CCCS2(=O)=O)c1)c1nc2ccccc2s1. The molecule has 0 saturated carbocycles. The van der Waals surface area contributed by atoms with Gasteiger partial charge in [-0.05, 0) is 36.8 Å². The minimum Gasteiger partial charge on any atom is -0.320 e. The third kappa shape index (κ3) is 3.10. The molecule has 25 heavy (non-hydrogen) atoms. The van der Waals surface area contributed by atoms with Crippen LogP contribution in [-0.2, 0) is 10.0 Å². The molecule has 1 amide bonds. The van der Waals surface area contributed by atoms with Gasteiger partial charge < -0.3 is 5.32 Å². The van der Waals surface area contributed by atoms with Gasteiger partial charge in [0.25, 0.3) is 5.91 Å². The van der Waals surface area contributed by atoms with Gasteiger partial charge in [-0.2, -0.15) is 0 Å². The monoisotopic (exact) mass is 373 g/mol. The van der Waals surface area contributed by atoms with E-state index in [2.05, 4.69) is 10.3 Å². The molecule has 8 heteroatoms. The molecule has 3 aromatic rings. The second-order valence-corrected chi connectivity index (χ2v) is 8.78. The van der Waals surface area contributed by atoms with Gasteiger partial charge in [0.2, 0.25) is 10.0 Å². The molecule has 1 aliphatic rings. The zero-order valence-corrected chi connectivity index (χ0v) is 14.8. The molecular formula is C17H15N3O3S2. The van der Waals surface area contributed by atoms with Crippen LogP contribution in [0.1, 0.15) is 16.2 Å². The Morgan fingerprint density at radius 1 is 1.16 bits per heavy atom. The van der Waals surface area contributed by atoms with Crippen molar-refractivity contribution in [1.29, 1.82) is 0 Å². The molecule has 1 aliphatic heterocycles. The van der Waals surface area contributed by atoms with Gasteiger partial charge in [0.15, 0.2) is 5.01 Å². The van der Waals surface area contributed by atoms with Crippen molar-refractivity contribution in [3.8, 4) is 0 Å². The number of aromatic nitrogens is 1. The highest BCUT2D eigenvalue weighted by atomic mass is 32.2. The van der Waals surface area contributed by atoms with Crippen molar-refractivity contribution in [2.75, 3.05) is 21.9 Å². The molecule has 0 bridgehead atoms. The maximum Gasteiger partial charge on any atom is 0.284 e. The summed E-state index contributed by atoms with van der Waals surface area (Å²) in [6.07, 6.45) is 0.616. The van der Waals surface area contributed by atoms with E-state index in [1.807, 2.05) is 24.3 Å². The first-order chi connectivity index (χ1) is 12.0. The number of benzene rings is 2. The van der Waals surface area contributed by atoms with Crippen LogP contribution in [-0.4, -0.2) is 31.6 Å². The number of thiazole rings is 1. The maximum absolute atomic E-state index is 12.4. The smallest absolute Gasteiger partial charge is 0.284 e. The molecule has 1 fully saturated rings. The Morgan fingerprint density at radius 3 is 2.76 bits per heavy atom. The Labute approximate surface area is 149 Å². The maximum atomic E-state index is 12.4. The summed E-state index contributed by atoms with van der Waals surface area (Å²) in [5.74, 6) is -0.141.